The summed E-state index contributed by atoms with van der Waals surface area (Å²) in [7, 11) is 0. The summed E-state index contributed by atoms with van der Waals surface area (Å²) in [5.41, 5.74) is 1.52. The Kier molecular flexibility index (Phi) is 5.85. The molecule has 0 radical (unpaired) electrons. The van der Waals surface area contributed by atoms with Crippen LogP contribution in [0.25, 0.3) is 0 Å². The van der Waals surface area contributed by atoms with E-state index in [-0.39, 0.29) is 11.7 Å². The highest BCUT2D eigenvalue weighted by Crippen LogP contribution is 2.30. The van der Waals surface area contributed by atoms with Crippen molar-refractivity contribution in [3.63, 3.8) is 0 Å². The molecule has 1 heterocycles. The lowest BCUT2D eigenvalue weighted by Crippen LogP contribution is -2.15. The van der Waals surface area contributed by atoms with Gasteiger partial charge in [0.2, 0.25) is 0 Å². The van der Waals surface area contributed by atoms with Crippen molar-refractivity contribution < 1.29 is 9.59 Å². The molecule has 0 atom stereocenters. The van der Waals surface area contributed by atoms with Crippen molar-refractivity contribution in [1.82, 2.24) is 4.98 Å². The number of hydrogen-bond acceptors (Lipinski definition) is 4. The van der Waals surface area contributed by atoms with Crippen molar-refractivity contribution in [3.05, 3.63) is 82.5 Å². The first-order chi connectivity index (χ1) is 12.5. The standard InChI is InChI=1S/C20H15BrN2O2S/c1-13(24)15-6-2-4-8-17(15)23-20(25)16-7-3-5-9-18(16)26-19-11-10-14(21)12-22-19/h2-12H,1H3,(H,23,25). The average Bonchev–Trinajstić information content (AvgIpc) is 2.64. The van der Waals surface area contributed by atoms with Crippen molar-refractivity contribution in [2.45, 2.75) is 16.8 Å². The van der Waals surface area contributed by atoms with E-state index in [0.717, 1.165) is 14.4 Å². The summed E-state index contributed by atoms with van der Waals surface area (Å²) in [5, 5.41) is 3.63. The Morgan fingerprint density at radius 3 is 2.35 bits per heavy atom. The van der Waals surface area contributed by atoms with E-state index in [1.54, 1.807) is 36.5 Å². The maximum atomic E-state index is 12.8. The largest absolute Gasteiger partial charge is 0.321 e. The summed E-state index contributed by atoms with van der Waals surface area (Å²) in [6.07, 6.45) is 1.72. The number of halogens is 1. The molecular weight excluding hydrogens is 412 g/mol. The number of hydrogen-bond donors (Lipinski definition) is 1. The van der Waals surface area contributed by atoms with Gasteiger partial charge in [-0.05, 0) is 59.3 Å². The number of amides is 1. The number of aromatic nitrogens is 1. The van der Waals surface area contributed by atoms with E-state index in [4.69, 9.17) is 0 Å². The van der Waals surface area contributed by atoms with E-state index in [1.165, 1.54) is 18.7 Å². The molecule has 1 aromatic heterocycles. The third-order valence-electron chi connectivity index (χ3n) is 3.60. The Morgan fingerprint density at radius 2 is 1.65 bits per heavy atom. The van der Waals surface area contributed by atoms with Gasteiger partial charge in [0.25, 0.3) is 5.91 Å². The van der Waals surface area contributed by atoms with Gasteiger partial charge in [0.15, 0.2) is 5.78 Å². The second-order valence-electron chi connectivity index (χ2n) is 5.47. The SMILES string of the molecule is CC(=O)c1ccccc1NC(=O)c1ccccc1Sc1ccc(Br)cn1. The second kappa shape index (κ2) is 8.29. The minimum absolute atomic E-state index is 0.0948. The molecule has 0 spiro atoms. The molecule has 1 amide bonds. The van der Waals surface area contributed by atoms with Crippen LogP contribution in [0.15, 0.2) is 81.3 Å². The molecule has 0 aliphatic heterocycles. The second-order valence-corrected chi connectivity index (χ2v) is 7.45. The number of nitrogens with zero attached hydrogens (tertiary/aromatic N) is 1. The molecule has 0 unspecified atom stereocenters. The van der Waals surface area contributed by atoms with Crippen LogP contribution in [0.5, 0.6) is 0 Å². The number of benzene rings is 2. The summed E-state index contributed by atoms with van der Waals surface area (Å²) in [4.78, 5) is 29.7. The Balaban J connectivity index is 1.87. The molecule has 3 rings (SSSR count). The van der Waals surface area contributed by atoms with Crippen molar-refractivity contribution in [2.24, 2.45) is 0 Å². The molecule has 2 aromatic carbocycles. The van der Waals surface area contributed by atoms with Gasteiger partial charge in [-0.3, -0.25) is 9.59 Å². The molecule has 0 saturated carbocycles. The quantitative estimate of drug-likeness (QED) is 0.550. The zero-order valence-corrected chi connectivity index (χ0v) is 16.3. The molecule has 4 nitrogen and oxygen atoms in total. The zero-order valence-electron chi connectivity index (χ0n) is 13.9. The van der Waals surface area contributed by atoms with Crippen LogP contribution in [0.2, 0.25) is 0 Å². The number of anilines is 1. The number of pyridine rings is 1. The van der Waals surface area contributed by atoms with Gasteiger partial charge in [0.05, 0.1) is 11.3 Å². The van der Waals surface area contributed by atoms with Gasteiger partial charge < -0.3 is 5.32 Å². The monoisotopic (exact) mass is 426 g/mol. The molecule has 26 heavy (non-hydrogen) atoms. The van der Waals surface area contributed by atoms with Crippen molar-refractivity contribution in [1.29, 1.82) is 0 Å². The maximum absolute atomic E-state index is 12.8. The lowest BCUT2D eigenvalue weighted by Gasteiger charge is -2.11. The van der Waals surface area contributed by atoms with Crippen LogP contribution in [0.4, 0.5) is 5.69 Å². The van der Waals surface area contributed by atoms with Gasteiger partial charge in [-0.25, -0.2) is 4.98 Å². The minimum Gasteiger partial charge on any atom is -0.321 e. The fourth-order valence-electron chi connectivity index (χ4n) is 2.37. The maximum Gasteiger partial charge on any atom is 0.256 e. The summed E-state index contributed by atoms with van der Waals surface area (Å²) in [5.74, 6) is -0.360. The van der Waals surface area contributed by atoms with Crippen molar-refractivity contribution >= 4 is 45.1 Å². The number of carbonyl (C=O) groups is 2. The van der Waals surface area contributed by atoms with Crippen molar-refractivity contribution in [2.75, 3.05) is 5.32 Å². The van der Waals surface area contributed by atoms with E-state index in [1.807, 2.05) is 30.3 Å². The van der Waals surface area contributed by atoms with Crippen LogP contribution in [0.3, 0.4) is 0 Å². The Bertz CT molecular complexity index is 958. The van der Waals surface area contributed by atoms with E-state index < -0.39 is 0 Å². The minimum atomic E-state index is -0.265. The highest BCUT2D eigenvalue weighted by Gasteiger charge is 2.15. The molecule has 1 N–H and O–H groups in total. The van der Waals surface area contributed by atoms with Gasteiger partial charge in [-0.2, -0.15) is 0 Å². The topological polar surface area (TPSA) is 59.1 Å². The highest BCUT2D eigenvalue weighted by molar-refractivity contribution is 9.10. The predicted octanol–water partition coefficient (Wildman–Crippen LogP) is 5.45. The van der Waals surface area contributed by atoms with Gasteiger partial charge in [0.1, 0.15) is 5.03 Å². The highest BCUT2D eigenvalue weighted by atomic mass is 79.9. The van der Waals surface area contributed by atoms with Gasteiger partial charge in [0, 0.05) is 21.1 Å². The number of Topliss-reactive ketones (excluding diaryl/α,β-unsaturated/α-hetero) is 1. The summed E-state index contributed by atoms with van der Waals surface area (Å²) in [6, 6.07) is 18.1. The molecule has 3 aromatic rings. The normalized spacial score (nSPS) is 10.4. The van der Waals surface area contributed by atoms with Crippen molar-refractivity contribution in [3.8, 4) is 0 Å². The zero-order chi connectivity index (χ0) is 18.5. The molecular formula is C20H15BrN2O2S. The number of ketones is 1. The van der Waals surface area contributed by atoms with Gasteiger partial charge in [-0.1, -0.05) is 36.0 Å². The molecule has 0 aliphatic rings. The molecule has 0 fully saturated rings. The Hall–Kier alpha value is -2.44. The van der Waals surface area contributed by atoms with E-state index in [0.29, 0.717) is 16.8 Å². The number of carbonyl (C=O) groups excluding carboxylic acids is 2. The summed E-state index contributed by atoms with van der Waals surface area (Å²) in [6.45, 7) is 1.48. The molecule has 0 aliphatic carbocycles. The Morgan fingerprint density at radius 1 is 0.962 bits per heavy atom. The lowest BCUT2D eigenvalue weighted by atomic mass is 10.1. The van der Waals surface area contributed by atoms with Gasteiger partial charge >= 0.3 is 0 Å². The van der Waals surface area contributed by atoms with Crippen LogP contribution < -0.4 is 5.32 Å². The molecule has 130 valence electrons. The molecule has 0 bridgehead atoms. The molecule has 0 saturated heterocycles. The van der Waals surface area contributed by atoms with Crippen LogP contribution in [-0.4, -0.2) is 16.7 Å². The van der Waals surface area contributed by atoms with E-state index >= 15 is 0 Å². The summed E-state index contributed by atoms with van der Waals surface area (Å²) < 4.78 is 0.897. The summed E-state index contributed by atoms with van der Waals surface area (Å²) >= 11 is 4.77. The number of rotatable bonds is 5. The third kappa shape index (κ3) is 4.39. The average molecular weight is 427 g/mol. The fourth-order valence-corrected chi connectivity index (χ4v) is 3.49. The lowest BCUT2D eigenvalue weighted by molar-refractivity contribution is 0.101. The molecule has 6 heteroatoms. The van der Waals surface area contributed by atoms with Crippen LogP contribution in [-0.2, 0) is 0 Å². The van der Waals surface area contributed by atoms with Crippen LogP contribution >= 0.6 is 27.7 Å². The van der Waals surface area contributed by atoms with Gasteiger partial charge in [-0.15, -0.1) is 0 Å². The third-order valence-corrected chi connectivity index (χ3v) is 5.10. The smallest absolute Gasteiger partial charge is 0.256 e. The first-order valence-corrected chi connectivity index (χ1v) is 9.45. The first kappa shape index (κ1) is 18.4. The van der Waals surface area contributed by atoms with E-state index in [9.17, 15) is 9.59 Å². The fraction of sp³-hybridized carbons (Fsp3) is 0.0500. The predicted molar refractivity (Wildman–Crippen MR) is 107 cm³/mol. The number of para-hydroxylation sites is 1. The Labute approximate surface area is 164 Å². The van der Waals surface area contributed by atoms with E-state index in [2.05, 4.69) is 26.2 Å². The van der Waals surface area contributed by atoms with Crippen LogP contribution in [0.1, 0.15) is 27.6 Å². The van der Waals surface area contributed by atoms with Crippen LogP contribution in [0, 0.1) is 0 Å². The first-order valence-electron chi connectivity index (χ1n) is 7.84. The number of nitrogens with one attached hydrogen (secondary N) is 1.